The largest absolute Gasteiger partial charge is 0.375 e. The Bertz CT molecular complexity index is 445. The number of rotatable bonds is 3. The molecule has 0 radical (unpaired) electrons. The summed E-state index contributed by atoms with van der Waals surface area (Å²) in [5.74, 6) is 0.833. The van der Waals surface area contributed by atoms with E-state index in [1.165, 1.54) is 0 Å². The summed E-state index contributed by atoms with van der Waals surface area (Å²) in [4.78, 5) is 7.54. The topological polar surface area (TPSA) is 78.8 Å². The average Bonchev–Trinajstić information content (AvgIpc) is 2.59. The molecule has 0 unspecified atom stereocenters. The molecule has 2 aromatic rings. The van der Waals surface area contributed by atoms with E-state index in [9.17, 15) is 0 Å². The average molecular weight is 221 g/mol. The van der Waals surface area contributed by atoms with E-state index >= 15 is 0 Å². The molecule has 1 aromatic carbocycles. The minimum atomic E-state index is 0.214. The quantitative estimate of drug-likeness (QED) is 0.446. The molecule has 5 N–H and O–H groups in total. The maximum absolute atomic E-state index is 5.26. The van der Waals surface area contributed by atoms with Crippen molar-refractivity contribution >= 4 is 28.4 Å². The molecule has 5 nitrogen and oxygen atoms in total. The first-order chi connectivity index (χ1) is 7.25. The van der Waals surface area contributed by atoms with E-state index in [1.807, 2.05) is 24.3 Å². The maximum atomic E-state index is 5.26. The van der Waals surface area contributed by atoms with Crippen molar-refractivity contribution in [3.05, 3.63) is 30.1 Å². The molecule has 0 aliphatic carbocycles. The normalized spacial score (nSPS) is 10.4. The van der Waals surface area contributed by atoms with Gasteiger partial charge in [-0.2, -0.15) is 0 Å². The summed E-state index contributed by atoms with van der Waals surface area (Å²) in [6.45, 7) is 0.534. The zero-order valence-corrected chi connectivity index (χ0v) is 8.77. The van der Waals surface area contributed by atoms with Crippen molar-refractivity contribution in [1.29, 1.82) is 0 Å². The number of imidazole rings is 1. The van der Waals surface area contributed by atoms with Crippen LogP contribution in [0.2, 0.25) is 0 Å². The maximum Gasteiger partial charge on any atom is 0.178 e. The van der Waals surface area contributed by atoms with Crippen LogP contribution in [0.5, 0.6) is 0 Å². The van der Waals surface area contributed by atoms with Gasteiger partial charge in [0.2, 0.25) is 0 Å². The lowest BCUT2D eigenvalue weighted by Gasteiger charge is -2.02. The first-order valence-electron chi connectivity index (χ1n) is 4.47. The first kappa shape index (κ1) is 9.88. The molecule has 0 aliphatic heterocycles. The number of hydrogen-bond acceptors (Lipinski definition) is 3. The van der Waals surface area contributed by atoms with Crippen molar-refractivity contribution < 1.29 is 0 Å². The molecule has 2 rings (SSSR count). The number of nitrogens with two attached hydrogens (primary N) is 1. The van der Waals surface area contributed by atoms with Gasteiger partial charge in [0.25, 0.3) is 0 Å². The minimum Gasteiger partial charge on any atom is -0.375 e. The van der Waals surface area contributed by atoms with E-state index in [0.717, 1.165) is 16.9 Å². The fourth-order valence-electron chi connectivity index (χ4n) is 1.30. The second-order valence-corrected chi connectivity index (χ2v) is 3.48. The fraction of sp³-hybridized carbons (Fsp3) is 0.111. The SMILES string of the molecule is NC(=S)NNCc1nc2ccccc2[nH]1. The van der Waals surface area contributed by atoms with Crippen LogP contribution in [0.15, 0.2) is 24.3 Å². The molecule has 0 aliphatic rings. The molecule has 1 aromatic heterocycles. The molecule has 0 saturated heterocycles. The number of H-pyrrole nitrogens is 1. The van der Waals surface area contributed by atoms with Crippen LogP contribution in [-0.2, 0) is 6.54 Å². The second-order valence-electron chi connectivity index (χ2n) is 3.04. The molecule has 0 bridgehead atoms. The number of aromatic amines is 1. The van der Waals surface area contributed by atoms with E-state index < -0.39 is 0 Å². The Hall–Kier alpha value is -1.66. The number of hydrazine groups is 1. The van der Waals surface area contributed by atoms with Crippen molar-refractivity contribution in [1.82, 2.24) is 20.8 Å². The Labute approximate surface area is 92.0 Å². The summed E-state index contributed by atoms with van der Waals surface area (Å²) in [6.07, 6.45) is 0. The standard InChI is InChI=1S/C9H11N5S/c10-9(15)14-11-5-8-12-6-3-1-2-4-7(6)13-8/h1-4,11H,5H2,(H,12,13)(H3,10,14,15). The smallest absolute Gasteiger partial charge is 0.178 e. The number of hydrogen-bond donors (Lipinski definition) is 4. The zero-order chi connectivity index (χ0) is 10.7. The number of aromatic nitrogens is 2. The van der Waals surface area contributed by atoms with Gasteiger partial charge in [-0.05, 0) is 24.4 Å². The van der Waals surface area contributed by atoms with Gasteiger partial charge in [-0.25, -0.2) is 10.4 Å². The molecule has 0 atom stereocenters. The molecule has 1 heterocycles. The van der Waals surface area contributed by atoms with Gasteiger partial charge >= 0.3 is 0 Å². The number of nitrogens with one attached hydrogen (secondary N) is 3. The molecule has 0 amide bonds. The Morgan fingerprint density at radius 2 is 2.27 bits per heavy atom. The van der Waals surface area contributed by atoms with E-state index in [-0.39, 0.29) is 5.11 Å². The molecule has 6 heteroatoms. The third-order valence-corrected chi connectivity index (χ3v) is 2.01. The van der Waals surface area contributed by atoms with Crippen molar-refractivity contribution in [3.63, 3.8) is 0 Å². The highest BCUT2D eigenvalue weighted by Crippen LogP contribution is 2.09. The summed E-state index contributed by atoms with van der Waals surface area (Å²) >= 11 is 4.65. The molecule has 15 heavy (non-hydrogen) atoms. The van der Waals surface area contributed by atoms with Crippen molar-refractivity contribution in [2.75, 3.05) is 0 Å². The summed E-state index contributed by atoms with van der Waals surface area (Å²) in [6, 6.07) is 7.85. The summed E-state index contributed by atoms with van der Waals surface area (Å²) in [5, 5.41) is 0.214. The van der Waals surface area contributed by atoms with Crippen molar-refractivity contribution in [2.24, 2.45) is 5.73 Å². The first-order valence-corrected chi connectivity index (χ1v) is 4.88. The highest BCUT2D eigenvalue weighted by atomic mass is 32.1. The molecular weight excluding hydrogens is 210 g/mol. The van der Waals surface area contributed by atoms with E-state index in [4.69, 9.17) is 5.73 Å². The number of nitrogens with zero attached hydrogens (tertiary/aromatic N) is 1. The molecule has 0 saturated carbocycles. The van der Waals surface area contributed by atoms with Crippen LogP contribution in [0.25, 0.3) is 11.0 Å². The lowest BCUT2D eigenvalue weighted by atomic mass is 10.3. The lowest BCUT2D eigenvalue weighted by molar-refractivity contribution is 0.636. The summed E-state index contributed by atoms with van der Waals surface area (Å²) in [7, 11) is 0. The number of fused-ring (bicyclic) bond motifs is 1. The van der Waals surface area contributed by atoms with E-state index in [2.05, 4.69) is 33.0 Å². The predicted molar refractivity (Wildman–Crippen MR) is 62.9 cm³/mol. The Morgan fingerprint density at radius 1 is 1.47 bits per heavy atom. The van der Waals surface area contributed by atoms with Gasteiger partial charge in [0.05, 0.1) is 17.6 Å². The minimum absolute atomic E-state index is 0.214. The predicted octanol–water partition coefficient (Wildman–Crippen LogP) is 0.401. The van der Waals surface area contributed by atoms with Crippen LogP contribution < -0.4 is 16.6 Å². The monoisotopic (exact) mass is 221 g/mol. The highest BCUT2D eigenvalue weighted by molar-refractivity contribution is 7.80. The number of benzene rings is 1. The van der Waals surface area contributed by atoms with Crippen molar-refractivity contribution in [3.8, 4) is 0 Å². The molecule has 0 fully saturated rings. The van der Waals surface area contributed by atoms with E-state index in [0.29, 0.717) is 6.54 Å². The van der Waals surface area contributed by atoms with Crippen LogP contribution in [0.1, 0.15) is 5.82 Å². The van der Waals surface area contributed by atoms with Gasteiger partial charge in [-0.1, -0.05) is 12.1 Å². The van der Waals surface area contributed by atoms with Gasteiger partial charge in [0, 0.05) is 0 Å². The van der Waals surface area contributed by atoms with Gasteiger partial charge in [0.15, 0.2) is 5.11 Å². The fourth-order valence-corrected chi connectivity index (χ4v) is 1.38. The second kappa shape index (κ2) is 4.24. The Balaban J connectivity index is 2.05. The van der Waals surface area contributed by atoms with Gasteiger partial charge < -0.3 is 10.7 Å². The van der Waals surface area contributed by atoms with Crippen LogP contribution in [0.4, 0.5) is 0 Å². The third-order valence-electron chi connectivity index (χ3n) is 1.91. The third kappa shape index (κ3) is 2.42. The Kier molecular flexibility index (Phi) is 2.79. The lowest BCUT2D eigenvalue weighted by Crippen LogP contribution is -2.40. The Morgan fingerprint density at radius 3 is 3.00 bits per heavy atom. The van der Waals surface area contributed by atoms with Gasteiger partial charge in [-0.15, -0.1) is 0 Å². The molecule has 0 spiro atoms. The summed E-state index contributed by atoms with van der Waals surface area (Å²) < 4.78 is 0. The van der Waals surface area contributed by atoms with Gasteiger partial charge in [-0.3, -0.25) is 5.43 Å². The molecular formula is C9H11N5S. The van der Waals surface area contributed by atoms with Gasteiger partial charge in [0.1, 0.15) is 5.82 Å². The zero-order valence-electron chi connectivity index (χ0n) is 7.95. The number of thiocarbonyl (C=S) groups is 1. The van der Waals surface area contributed by atoms with Crippen LogP contribution in [-0.4, -0.2) is 15.1 Å². The van der Waals surface area contributed by atoms with Crippen LogP contribution >= 0.6 is 12.2 Å². The highest BCUT2D eigenvalue weighted by Gasteiger charge is 2.00. The molecule has 78 valence electrons. The van der Waals surface area contributed by atoms with Crippen molar-refractivity contribution in [2.45, 2.75) is 6.54 Å². The number of para-hydroxylation sites is 2. The van der Waals surface area contributed by atoms with Crippen LogP contribution in [0.3, 0.4) is 0 Å². The van der Waals surface area contributed by atoms with Crippen LogP contribution in [0, 0.1) is 0 Å². The van der Waals surface area contributed by atoms with E-state index in [1.54, 1.807) is 0 Å². The summed E-state index contributed by atoms with van der Waals surface area (Å²) in [5.41, 5.74) is 12.7.